The van der Waals surface area contributed by atoms with Crippen molar-refractivity contribution in [3.05, 3.63) is 46.4 Å². The van der Waals surface area contributed by atoms with E-state index in [9.17, 15) is 0 Å². The standard InChI is InChI=1S/C17H23BrOSi/c1-17(2,3)20(4,5)19-12-14-10-6-8-13-9-7-11-15(18)16(13)14/h6-11H,12H2,1-5H3. The number of hydrogen-bond donors (Lipinski definition) is 0. The number of fused-ring (bicyclic) bond motifs is 1. The van der Waals surface area contributed by atoms with Crippen molar-refractivity contribution in [1.82, 2.24) is 0 Å². The molecule has 0 spiro atoms. The van der Waals surface area contributed by atoms with Crippen LogP contribution < -0.4 is 0 Å². The molecule has 1 nitrogen and oxygen atoms in total. The third-order valence-electron chi connectivity index (χ3n) is 4.33. The Morgan fingerprint density at radius 1 is 1.05 bits per heavy atom. The van der Waals surface area contributed by atoms with Gasteiger partial charge in [0.25, 0.3) is 0 Å². The van der Waals surface area contributed by atoms with Crippen LogP contribution in [0.1, 0.15) is 26.3 Å². The first kappa shape index (κ1) is 15.7. The Balaban J connectivity index is 2.32. The first-order chi connectivity index (χ1) is 9.22. The SMILES string of the molecule is CC(C)(C)[Si](C)(C)OCc1cccc2cccc(Br)c12. The van der Waals surface area contributed by atoms with E-state index in [1.54, 1.807) is 0 Å². The van der Waals surface area contributed by atoms with E-state index in [0.717, 1.165) is 4.47 Å². The second kappa shape index (κ2) is 5.62. The van der Waals surface area contributed by atoms with E-state index in [4.69, 9.17) is 4.43 Å². The number of halogens is 1. The Morgan fingerprint density at radius 3 is 2.25 bits per heavy atom. The average molecular weight is 351 g/mol. The lowest BCUT2D eigenvalue weighted by molar-refractivity contribution is 0.277. The van der Waals surface area contributed by atoms with E-state index in [1.165, 1.54) is 16.3 Å². The Morgan fingerprint density at radius 2 is 1.65 bits per heavy atom. The van der Waals surface area contributed by atoms with E-state index < -0.39 is 8.32 Å². The van der Waals surface area contributed by atoms with Crippen molar-refractivity contribution in [1.29, 1.82) is 0 Å². The van der Waals surface area contributed by atoms with Crippen LogP contribution in [0, 0.1) is 0 Å². The van der Waals surface area contributed by atoms with Crippen molar-refractivity contribution in [2.24, 2.45) is 0 Å². The maximum absolute atomic E-state index is 6.36. The summed E-state index contributed by atoms with van der Waals surface area (Å²) < 4.78 is 7.50. The molecule has 0 aromatic heterocycles. The van der Waals surface area contributed by atoms with Crippen molar-refractivity contribution in [3.63, 3.8) is 0 Å². The molecule has 0 fully saturated rings. The van der Waals surface area contributed by atoms with Crippen molar-refractivity contribution < 1.29 is 4.43 Å². The Bertz CT molecular complexity index is 609. The van der Waals surface area contributed by atoms with Crippen LogP contribution in [-0.2, 0) is 11.0 Å². The Labute approximate surface area is 131 Å². The minimum atomic E-state index is -1.71. The molecule has 3 heteroatoms. The zero-order chi connectivity index (χ0) is 15.0. The maximum atomic E-state index is 6.36. The normalized spacial score (nSPS) is 12.9. The maximum Gasteiger partial charge on any atom is 0.192 e. The van der Waals surface area contributed by atoms with E-state index in [2.05, 4.69) is 86.2 Å². The van der Waals surface area contributed by atoms with Crippen molar-refractivity contribution in [2.75, 3.05) is 0 Å². The van der Waals surface area contributed by atoms with Crippen LogP contribution in [0.25, 0.3) is 10.8 Å². The smallest absolute Gasteiger partial charge is 0.192 e. The van der Waals surface area contributed by atoms with Crippen LogP contribution >= 0.6 is 15.9 Å². The fourth-order valence-electron chi connectivity index (χ4n) is 1.96. The molecule has 2 rings (SSSR count). The van der Waals surface area contributed by atoms with Crippen LogP contribution in [0.3, 0.4) is 0 Å². The fraction of sp³-hybridized carbons (Fsp3) is 0.412. The molecule has 0 saturated heterocycles. The lowest BCUT2D eigenvalue weighted by atomic mass is 10.1. The molecule has 0 aliphatic heterocycles. The zero-order valence-electron chi connectivity index (χ0n) is 13.0. The molecule has 0 N–H and O–H groups in total. The van der Waals surface area contributed by atoms with Gasteiger partial charge < -0.3 is 4.43 Å². The van der Waals surface area contributed by atoms with E-state index in [0.29, 0.717) is 6.61 Å². The highest BCUT2D eigenvalue weighted by Crippen LogP contribution is 2.37. The van der Waals surface area contributed by atoms with E-state index in [-0.39, 0.29) is 5.04 Å². The topological polar surface area (TPSA) is 9.23 Å². The van der Waals surface area contributed by atoms with Gasteiger partial charge in [0.15, 0.2) is 8.32 Å². The van der Waals surface area contributed by atoms with E-state index in [1.807, 2.05) is 0 Å². The summed E-state index contributed by atoms with van der Waals surface area (Å²) in [5, 5.41) is 2.78. The molecule has 2 aromatic rings. The van der Waals surface area contributed by atoms with Gasteiger partial charge >= 0.3 is 0 Å². The van der Waals surface area contributed by atoms with E-state index >= 15 is 0 Å². The highest BCUT2D eigenvalue weighted by Gasteiger charge is 2.37. The summed E-state index contributed by atoms with van der Waals surface area (Å²) in [5.41, 5.74) is 1.26. The summed E-state index contributed by atoms with van der Waals surface area (Å²) in [5.74, 6) is 0. The van der Waals surface area contributed by atoms with Gasteiger partial charge in [0.2, 0.25) is 0 Å². The minimum Gasteiger partial charge on any atom is -0.413 e. The van der Waals surface area contributed by atoms with Crippen molar-refractivity contribution in [2.45, 2.75) is 45.5 Å². The summed E-state index contributed by atoms with van der Waals surface area (Å²) in [6, 6.07) is 12.7. The summed E-state index contributed by atoms with van der Waals surface area (Å²) in [6.07, 6.45) is 0. The molecular formula is C17H23BrOSi. The number of rotatable bonds is 3. The van der Waals surface area contributed by atoms with Gasteiger partial charge in [-0.1, -0.05) is 67.0 Å². The van der Waals surface area contributed by atoms with Crippen molar-refractivity contribution >= 4 is 35.0 Å². The molecule has 0 unspecified atom stereocenters. The lowest BCUT2D eigenvalue weighted by Crippen LogP contribution is -2.40. The van der Waals surface area contributed by atoms with Crippen LogP contribution in [-0.4, -0.2) is 8.32 Å². The highest BCUT2D eigenvalue weighted by atomic mass is 79.9. The molecule has 0 atom stereocenters. The summed E-state index contributed by atoms with van der Waals surface area (Å²) in [4.78, 5) is 0. The number of benzene rings is 2. The van der Waals surface area contributed by atoms with Crippen LogP contribution in [0.5, 0.6) is 0 Å². The van der Waals surface area contributed by atoms with Gasteiger partial charge in [-0.25, -0.2) is 0 Å². The van der Waals surface area contributed by atoms with Gasteiger partial charge in [-0.15, -0.1) is 0 Å². The first-order valence-electron chi connectivity index (χ1n) is 7.02. The molecule has 108 valence electrons. The molecule has 2 aromatic carbocycles. The number of hydrogen-bond acceptors (Lipinski definition) is 1. The molecule has 0 aliphatic carbocycles. The molecule has 0 radical (unpaired) electrons. The molecule has 0 aliphatic rings. The summed E-state index contributed by atoms with van der Waals surface area (Å²) in [6.45, 7) is 12.1. The third kappa shape index (κ3) is 3.16. The van der Waals surface area contributed by atoms with Crippen LogP contribution in [0.15, 0.2) is 40.9 Å². The fourth-order valence-corrected chi connectivity index (χ4v) is 3.55. The first-order valence-corrected chi connectivity index (χ1v) is 10.7. The lowest BCUT2D eigenvalue weighted by Gasteiger charge is -2.36. The Kier molecular flexibility index (Phi) is 4.43. The molecule has 0 saturated carbocycles. The second-order valence-electron chi connectivity index (χ2n) is 6.80. The minimum absolute atomic E-state index is 0.245. The molecule has 20 heavy (non-hydrogen) atoms. The van der Waals surface area contributed by atoms with Gasteiger partial charge in [-0.2, -0.15) is 0 Å². The predicted octanol–water partition coefficient (Wildman–Crippen LogP) is 6.12. The van der Waals surface area contributed by atoms with Gasteiger partial charge in [0.1, 0.15) is 0 Å². The van der Waals surface area contributed by atoms with Gasteiger partial charge in [-0.3, -0.25) is 0 Å². The second-order valence-corrected chi connectivity index (χ2v) is 12.5. The molecule has 0 bridgehead atoms. The quantitative estimate of drug-likeness (QED) is 0.605. The van der Waals surface area contributed by atoms with Gasteiger partial charge in [0, 0.05) is 9.86 Å². The average Bonchev–Trinajstić information content (AvgIpc) is 2.35. The highest BCUT2D eigenvalue weighted by molar-refractivity contribution is 9.10. The van der Waals surface area contributed by atoms with Gasteiger partial charge in [0.05, 0.1) is 6.61 Å². The Hall–Kier alpha value is -0.643. The summed E-state index contributed by atoms with van der Waals surface area (Å²) in [7, 11) is -1.71. The largest absolute Gasteiger partial charge is 0.413 e. The summed E-state index contributed by atoms with van der Waals surface area (Å²) >= 11 is 3.66. The predicted molar refractivity (Wildman–Crippen MR) is 93.6 cm³/mol. The van der Waals surface area contributed by atoms with Crippen LogP contribution in [0.2, 0.25) is 18.1 Å². The van der Waals surface area contributed by atoms with Gasteiger partial charge in [-0.05, 0) is 35.1 Å². The molecule has 0 heterocycles. The monoisotopic (exact) mass is 350 g/mol. The molecular weight excluding hydrogens is 328 g/mol. The van der Waals surface area contributed by atoms with Crippen LogP contribution in [0.4, 0.5) is 0 Å². The zero-order valence-corrected chi connectivity index (χ0v) is 15.5. The van der Waals surface area contributed by atoms with Crippen molar-refractivity contribution in [3.8, 4) is 0 Å². The third-order valence-corrected chi connectivity index (χ3v) is 9.47. The molecule has 0 amide bonds.